The number of hydrogen-bond donors (Lipinski definition) is 0. The van der Waals surface area contributed by atoms with Gasteiger partial charge < -0.3 is 0 Å². The molecule has 0 radical (unpaired) electrons. The van der Waals surface area contributed by atoms with Gasteiger partial charge in [0.15, 0.2) is 0 Å². The zero-order chi connectivity index (χ0) is 16.4. The minimum atomic E-state index is -3.70. The van der Waals surface area contributed by atoms with Crippen LogP contribution in [0.15, 0.2) is 58.3 Å². The summed E-state index contributed by atoms with van der Waals surface area (Å²) in [4.78, 5) is 0.129. The molecule has 0 unspecified atom stereocenters. The Kier molecular flexibility index (Phi) is 5.17. The van der Waals surface area contributed by atoms with Crippen molar-refractivity contribution in [1.82, 2.24) is 0 Å². The maximum absolute atomic E-state index is 11.1. The van der Waals surface area contributed by atoms with Gasteiger partial charge in [-0.3, -0.25) is 0 Å². The maximum Gasteiger partial charge on any atom is 0.261 e. The normalized spacial score (nSPS) is 12.3. The van der Waals surface area contributed by atoms with Crippen LogP contribution in [0, 0.1) is 0 Å². The number of rotatable bonds is 5. The number of benzene rings is 2. The first-order valence-corrected chi connectivity index (χ1v) is 10.9. The molecule has 22 heavy (non-hydrogen) atoms. The SMILES string of the molecule is O=S(=O)(Cl)c1ccc(CCc2ccc(S(=O)(=O)Cl)cc2)cc1. The average molecular weight is 379 g/mol. The highest BCUT2D eigenvalue weighted by Crippen LogP contribution is 2.18. The summed E-state index contributed by atoms with van der Waals surface area (Å²) in [5, 5.41) is 0. The van der Waals surface area contributed by atoms with Crippen molar-refractivity contribution >= 4 is 39.5 Å². The van der Waals surface area contributed by atoms with Gasteiger partial charge in [0.1, 0.15) is 0 Å². The molecule has 2 aromatic carbocycles. The van der Waals surface area contributed by atoms with E-state index < -0.39 is 18.1 Å². The van der Waals surface area contributed by atoms with Crippen molar-refractivity contribution in [2.75, 3.05) is 0 Å². The lowest BCUT2D eigenvalue weighted by Crippen LogP contribution is -1.95. The van der Waals surface area contributed by atoms with Crippen LogP contribution in [0.4, 0.5) is 0 Å². The van der Waals surface area contributed by atoms with E-state index in [1.54, 1.807) is 24.3 Å². The molecule has 118 valence electrons. The lowest BCUT2D eigenvalue weighted by atomic mass is 10.0. The second-order valence-corrected chi connectivity index (χ2v) is 9.80. The van der Waals surface area contributed by atoms with Crippen LogP contribution in [0.2, 0.25) is 0 Å². The molecule has 0 aliphatic rings. The smallest absolute Gasteiger partial charge is 0.207 e. The van der Waals surface area contributed by atoms with Crippen LogP contribution in [-0.4, -0.2) is 16.8 Å². The second kappa shape index (κ2) is 6.58. The van der Waals surface area contributed by atoms with Crippen LogP contribution in [0.3, 0.4) is 0 Å². The molecule has 8 heteroatoms. The molecular formula is C14H12Cl2O4S2. The molecule has 0 atom stereocenters. The Bertz CT molecular complexity index is 781. The summed E-state index contributed by atoms with van der Waals surface area (Å²) in [6, 6.07) is 12.6. The van der Waals surface area contributed by atoms with Crippen molar-refractivity contribution in [3.63, 3.8) is 0 Å². The Hall–Kier alpha value is -1.08. The summed E-state index contributed by atoms with van der Waals surface area (Å²) in [5.74, 6) is 0. The van der Waals surface area contributed by atoms with Crippen LogP contribution in [0.25, 0.3) is 0 Å². The molecule has 0 bridgehead atoms. The van der Waals surface area contributed by atoms with E-state index in [1.807, 2.05) is 0 Å². The Morgan fingerprint density at radius 2 is 0.864 bits per heavy atom. The predicted octanol–water partition coefficient (Wildman–Crippen LogP) is 3.33. The Morgan fingerprint density at radius 1 is 0.591 bits per heavy atom. The fraction of sp³-hybridized carbons (Fsp3) is 0.143. The van der Waals surface area contributed by atoms with Gasteiger partial charge in [-0.2, -0.15) is 0 Å². The Balaban J connectivity index is 2.04. The molecule has 0 fully saturated rings. The molecule has 2 rings (SSSR count). The van der Waals surface area contributed by atoms with E-state index in [-0.39, 0.29) is 9.79 Å². The zero-order valence-electron chi connectivity index (χ0n) is 11.2. The Morgan fingerprint density at radius 3 is 1.09 bits per heavy atom. The highest BCUT2D eigenvalue weighted by Gasteiger charge is 2.10. The third kappa shape index (κ3) is 4.71. The molecule has 0 amide bonds. The van der Waals surface area contributed by atoms with Crippen molar-refractivity contribution < 1.29 is 16.8 Å². The number of aryl methyl sites for hydroxylation is 2. The van der Waals surface area contributed by atoms with Gasteiger partial charge >= 0.3 is 0 Å². The second-order valence-electron chi connectivity index (χ2n) is 4.66. The first-order chi connectivity index (χ1) is 10.2. The van der Waals surface area contributed by atoms with Gasteiger partial charge in [0.05, 0.1) is 9.79 Å². The minimum Gasteiger partial charge on any atom is -0.207 e. The monoisotopic (exact) mass is 378 g/mol. The quantitative estimate of drug-likeness (QED) is 0.748. The number of halogens is 2. The van der Waals surface area contributed by atoms with Crippen LogP contribution in [-0.2, 0) is 30.9 Å². The molecule has 4 nitrogen and oxygen atoms in total. The van der Waals surface area contributed by atoms with E-state index >= 15 is 0 Å². The molecular weight excluding hydrogens is 367 g/mol. The molecule has 0 aliphatic carbocycles. The van der Waals surface area contributed by atoms with E-state index in [1.165, 1.54) is 24.3 Å². The van der Waals surface area contributed by atoms with E-state index in [2.05, 4.69) is 0 Å². The average Bonchev–Trinajstić information content (AvgIpc) is 2.44. The molecule has 0 spiro atoms. The topological polar surface area (TPSA) is 68.3 Å². The summed E-state index contributed by atoms with van der Waals surface area (Å²) >= 11 is 0. The van der Waals surface area contributed by atoms with Gasteiger partial charge in [-0.1, -0.05) is 24.3 Å². The van der Waals surface area contributed by atoms with E-state index in [0.29, 0.717) is 12.8 Å². The third-order valence-corrected chi connectivity index (χ3v) is 5.85. The van der Waals surface area contributed by atoms with Crippen molar-refractivity contribution in [1.29, 1.82) is 0 Å². The van der Waals surface area contributed by atoms with Gasteiger partial charge in [0.25, 0.3) is 18.1 Å². The zero-order valence-corrected chi connectivity index (χ0v) is 14.4. The molecule has 0 aromatic heterocycles. The predicted molar refractivity (Wildman–Crippen MR) is 86.4 cm³/mol. The van der Waals surface area contributed by atoms with Crippen LogP contribution < -0.4 is 0 Å². The summed E-state index contributed by atoms with van der Waals surface area (Å²) in [7, 11) is 3.09. The van der Waals surface area contributed by atoms with Gasteiger partial charge in [-0.25, -0.2) is 16.8 Å². The molecule has 0 saturated carbocycles. The Labute approximate surface area is 138 Å². The first-order valence-electron chi connectivity index (χ1n) is 6.23. The van der Waals surface area contributed by atoms with E-state index in [4.69, 9.17) is 21.4 Å². The summed E-state index contributed by atoms with van der Waals surface area (Å²) in [6.45, 7) is 0. The van der Waals surface area contributed by atoms with Gasteiger partial charge in [0.2, 0.25) is 0 Å². The van der Waals surface area contributed by atoms with Gasteiger partial charge in [-0.05, 0) is 48.2 Å². The lowest BCUT2D eigenvalue weighted by molar-refractivity contribution is 0.608. The summed E-state index contributed by atoms with van der Waals surface area (Å²) in [5.41, 5.74) is 1.91. The lowest BCUT2D eigenvalue weighted by Gasteiger charge is -2.04. The van der Waals surface area contributed by atoms with Crippen molar-refractivity contribution in [2.24, 2.45) is 0 Å². The fourth-order valence-corrected chi connectivity index (χ4v) is 3.47. The van der Waals surface area contributed by atoms with E-state index in [0.717, 1.165) is 11.1 Å². The molecule has 0 N–H and O–H groups in total. The number of hydrogen-bond acceptors (Lipinski definition) is 4. The minimum absolute atomic E-state index is 0.0644. The van der Waals surface area contributed by atoms with Gasteiger partial charge in [0, 0.05) is 21.4 Å². The standard InChI is InChI=1S/C14H12Cl2O4S2/c15-21(17,18)13-7-3-11(4-8-13)1-2-12-5-9-14(10-6-12)22(16,19)20/h3-10H,1-2H2. The molecule has 0 saturated heterocycles. The largest absolute Gasteiger partial charge is 0.261 e. The third-order valence-electron chi connectivity index (χ3n) is 3.11. The fourth-order valence-electron chi connectivity index (χ4n) is 1.93. The first kappa shape index (κ1) is 17.3. The van der Waals surface area contributed by atoms with Crippen molar-refractivity contribution in [3.8, 4) is 0 Å². The highest BCUT2D eigenvalue weighted by atomic mass is 35.7. The summed E-state index contributed by atoms with van der Waals surface area (Å²) < 4.78 is 44.6. The van der Waals surface area contributed by atoms with E-state index in [9.17, 15) is 16.8 Å². The van der Waals surface area contributed by atoms with Crippen molar-refractivity contribution in [2.45, 2.75) is 22.6 Å². The maximum atomic E-state index is 11.1. The van der Waals surface area contributed by atoms with Crippen LogP contribution >= 0.6 is 21.4 Å². The molecule has 0 heterocycles. The summed E-state index contributed by atoms with van der Waals surface area (Å²) in [6.07, 6.45) is 1.38. The van der Waals surface area contributed by atoms with Gasteiger partial charge in [-0.15, -0.1) is 0 Å². The van der Waals surface area contributed by atoms with Crippen LogP contribution in [0.5, 0.6) is 0 Å². The molecule has 0 aliphatic heterocycles. The molecule has 2 aromatic rings. The van der Waals surface area contributed by atoms with Crippen LogP contribution in [0.1, 0.15) is 11.1 Å². The highest BCUT2D eigenvalue weighted by molar-refractivity contribution is 8.14. The van der Waals surface area contributed by atoms with Crippen molar-refractivity contribution in [3.05, 3.63) is 59.7 Å².